The molecule has 6 heteroatoms. The number of benzene rings is 3. The molecule has 0 atom stereocenters. The SMILES string of the molecule is Nc1ccccc1NC(=O)c1ccc(CNC2=C=Cc3cc(Cl)ccc3O2)cc1. The van der Waals surface area contributed by atoms with E-state index >= 15 is 0 Å². The number of carbonyl (C=O) groups is 1. The lowest BCUT2D eigenvalue weighted by Gasteiger charge is -2.15. The number of carbonyl (C=O) groups excluding carboxylic acids is 1. The molecule has 29 heavy (non-hydrogen) atoms. The van der Waals surface area contributed by atoms with Crippen LogP contribution >= 0.6 is 11.6 Å². The minimum atomic E-state index is -0.209. The van der Waals surface area contributed by atoms with Gasteiger partial charge in [0.1, 0.15) is 5.75 Å². The Hall–Kier alpha value is -3.66. The molecule has 1 aliphatic rings. The van der Waals surface area contributed by atoms with E-state index in [2.05, 4.69) is 16.4 Å². The van der Waals surface area contributed by atoms with Crippen molar-refractivity contribution in [1.82, 2.24) is 5.32 Å². The Morgan fingerprint density at radius 3 is 2.66 bits per heavy atom. The van der Waals surface area contributed by atoms with Crippen LogP contribution in [0.1, 0.15) is 21.5 Å². The second-order valence-corrected chi connectivity index (χ2v) is 6.93. The van der Waals surface area contributed by atoms with Crippen molar-refractivity contribution in [1.29, 1.82) is 0 Å². The topological polar surface area (TPSA) is 76.4 Å². The van der Waals surface area contributed by atoms with Crippen LogP contribution in [0.5, 0.6) is 5.75 Å². The van der Waals surface area contributed by atoms with Gasteiger partial charge in [0.15, 0.2) is 0 Å². The molecular formula is C23H18ClN3O2. The largest absolute Gasteiger partial charge is 0.434 e. The Balaban J connectivity index is 1.37. The summed E-state index contributed by atoms with van der Waals surface area (Å²) in [7, 11) is 0. The van der Waals surface area contributed by atoms with E-state index in [0.717, 1.165) is 16.9 Å². The Kier molecular flexibility index (Phi) is 5.25. The van der Waals surface area contributed by atoms with Gasteiger partial charge in [0, 0.05) is 22.7 Å². The van der Waals surface area contributed by atoms with Crippen LogP contribution in [0.4, 0.5) is 11.4 Å². The summed E-state index contributed by atoms with van der Waals surface area (Å²) in [6.45, 7) is 0.534. The maximum atomic E-state index is 12.4. The van der Waals surface area contributed by atoms with Crippen LogP contribution in [0.15, 0.2) is 78.3 Å². The van der Waals surface area contributed by atoms with Crippen LogP contribution in [-0.2, 0) is 6.54 Å². The molecule has 0 bridgehead atoms. The average Bonchev–Trinajstić information content (AvgIpc) is 2.74. The number of amides is 1. The zero-order chi connectivity index (χ0) is 20.2. The summed E-state index contributed by atoms with van der Waals surface area (Å²) in [5.74, 6) is 1.04. The Labute approximate surface area is 173 Å². The third-order valence-corrected chi connectivity index (χ3v) is 4.66. The van der Waals surface area contributed by atoms with Crippen molar-refractivity contribution in [3.8, 4) is 5.75 Å². The molecule has 0 unspecified atom stereocenters. The Morgan fingerprint density at radius 2 is 1.86 bits per heavy atom. The number of para-hydroxylation sites is 2. The fourth-order valence-electron chi connectivity index (χ4n) is 2.86. The lowest BCUT2D eigenvalue weighted by molar-refractivity contribution is 0.102. The average molecular weight is 404 g/mol. The van der Waals surface area contributed by atoms with Crippen LogP contribution in [0.3, 0.4) is 0 Å². The highest BCUT2D eigenvalue weighted by Crippen LogP contribution is 2.27. The van der Waals surface area contributed by atoms with Gasteiger partial charge >= 0.3 is 0 Å². The number of rotatable bonds is 5. The van der Waals surface area contributed by atoms with Gasteiger partial charge in [0.05, 0.1) is 11.4 Å². The van der Waals surface area contributed by atoms with E-state index in [1.807, 2.05) is 42.5 Å². The first-order valence-corrected chi connectivity index (χ1v) is 9.39. The third kappa shape index (κ3) is 4.43. The first-order chi connectivity index (χ1) is 14.1. The molecule has 3 aromatic carbocycles. The molecule has 1 heterocycles. The van der Waals surface area contributed by atoms with Crippen molar-refractivity contribution in [3.05, 3.63) is 100 Å². The monoisotopic (exact) mass is 403 g/mol. The van der Waals surface area contributed by atoms with Gasteiger partial charge in [-0.3, -0.25) is 4.79 Å². The first-order valence-electron chi connectivity index (χ1n) is 9.01. The summed E-state index contributed by atoms with van der Waals surface area (Å²) >= 11 is 5.98. The number of ether oxygens (including phenoxy) is 1. The molecule has 0 aliphatic carbocycles. The third-order valence-electron chi connectivity index (χ3n) is 4.42. The van der Waals surface area contributed by atoms with Crippen molar-refractivity contribution < 1.29 is 9.53 Å². The second-order valence-electron chi connectivity index (χ2n) is 6.49. The summed E-state index contributed by atoms with van der Waals surface area (Å²) in [4.78, 5) is 12.4. The summed E-state index contributed by atoms with van der Waals surface area (Å²) in [5, 5.41) is 6.66. The van der Waals surface area contributed by atoms with Gasteiger partial charge in [-0.15, -0.1) is 0 Å². The number of nitrogens with one attached hydrogen (secondary N) is 2. The highest BCUT2D eigenvalue weighted by Gasteiger charge is 2.11. The Morgan fingerprint density at radius 1 is 1.07 bits per heavy atom. The van der Waals surface area contributed by atoms with E-state index in [9.17, 15) is 4.79 Å². The predicted molar refractivity (Wildman–Crippen MR) is 116 cm³/mol. The van der Waals surface area contributed by atoms with Crippen LogP contribution in [0.25, 0.3) is 6.08 Å². The van der Waals surface area contributed by atoms with Crippen LogP contribution in [0.2, 0.25) is 5.02 Å². The fourth-order valence-corrected chi connectivity index (χ4v) is 3.04. The van der Waals surface area contributed by atoms with Crippen LogP contribution in [0, 0.1) is 0 Å². The number of hydrogen-bond acceptors (Lipinski definition) is 4. The number of nitrogen functional groups attached to an aromatic ring is 1. The molecule has 0 saturated heterocycles. The second kappa shape index (κ2) is 8.15. The van der Waals surface area contributed by atoms with Gasteiger partial charge in [-0.1, -0.05) is 41.6 Å². The number of nitrogens with two attached hydrogens (primary N) is 1. The van der Waals surface area contributed by atoms with Crippen LogP contribution in [-0.4, -0.2) is 5.91 Å². The van der Waals surface area contributed by atoms with Gasteiger partial charge in [-0.25, -0.2) is 0 Å². The number of hydrogen-bond donors (Lipinski definition) is 3. The summed E-state index contributed by atoms with van der Waals surface area (Å²) in [5.41, 5.74) is 12.5. The highest BCUT2D eigenvalue weighted by molar-refractivity contribution is 6.30. The van der Waals surface area contributed by atoms with E-state index in [1.165, 1.54) is 0 Å². The van der Waals surface area contributed by atoms with E-state index < -0.39 is 0 Å². The lowest BCUT2D eigenvalue weighted by Crippen LogP contribution is -2.18. The zero-order valence-electron chi connectivity index (χ0n) is 15.4. The van der Waals surface area contributed by atoms with Crippen molar-refractivity contribution in [2.24, 2.45) is 0 Å². The summed E-state index contributed by atoms with van der Waals surface area (Å²) < 4.78 is 5.78. The maximum absolute atomic E-state index is 12.4. The molecule has 0 fully saturated rings. The number of halogens is 1. The Bertz CT molecular complexity index is 1130. The zero-order valence-corrected chi connectivity index (χ0v) is 16.2. The molecule has 1 aliphatic heterocycles. The standard InChI is InChI=1S/C23H18ClN3O2/c24-18-10-11-21-17(13-18)9-12-22(29-21)26-14-15-5-7-16(8-6-15)23(28)27-20-4-2-1-3-19(20)25/h1-11,13,26H,14,25H2,(H,27,28). The minimum Gasteiger partial charge on any atom is -0.434 e. The molecule has 144 valence electrons. The number of fused-ring (bicyclic) bond motifs is 1. The van der Waals surface area contributed by atoms with Gasteiger partial charge in [0.2, 0.25) is 5.88 Å². The van der Waals surface area contributed by atoms with Crippen molar-refractivity contribution in [2.45, 2.75) is 6.54 Å². The first kappa shape index (κ1) is 18.7. The van der Waals surface area contributed by atoms with Crippen LogP contribution < -0.4 is 21.1 Å². The molecule has 4 N–H and O–H groups in total. The smallest absolute Gasteiger partial charge is 0.255 e. The molecular weight excluding hydrogens is 386 g/mol. The number of anilines is 2. The molecule has 0 spiro atoms. The van der Waals surface area contributed by atoms with E-state index in [4.69, 9.17) is 22.1 Å². The molecule has 0 radical (unpaired) electrons. The fraction of sp³-hybridized carbons (Fsp3) is 0.0435. The van der Waals surface area contributed by atoms with E-state index in [0.29, 0.717) is 34.4 Å². The van der Waals surface area contributed by atoms with E-state index in [1.54, 1.807) is 30.3 Å². The minimum absolute atomic E-state index is 0.209. The molecule has 1 amide bonds. The molecule has 4 rings (SSSR count). The predicted octanol–water partition coefficient (Wildman–Crippen LogP) is 4.81. The van der Waals surface area contributed by atoms with Crippen molar-refractivity contribution in [2.75, 3.05) is 11.1 Å². The van der Waals surface area contributed by atoms with Crippen molar-refractivity contribution in [3.63, 3.8) is 0 Å². The maximum Gasteiger partial charge on any atom is 0.255 e. The summed E-state index contributed by atoms with van der Waals surface area (Å²) in [6, 6.07) is 19.9. The van der Waals surface area contributed by atoms with E-state index in [-0.39, 0.29) is 5.91 Å². The van der Waals surface area contributed by atoms with Gasteiger partial charge in [0.25, 0.3) is 5.91 Å². The molecule has 0 aromatic heterocycles. The van der Waals surface area contributed by atoms with Gasteiger partial charge in [-0.05, 0) is 54.1 Å². The van der Waals surface area contributed by atoms with Crippen molar-refractivity contribution >= 4 is 35.0 Å². The van der Waals surface area contributed by atoms with Gasteiger partial charge in [-0.2, -0.15) is 0 Å². The van der Waals surface area contributed by atoms with Gasteiger partial charge < -0.3 is 21.1 Å². The lowest BCUT2D eigenvalue weighted by atomic mass is 10.1. The molecule has 0 saturated carbocycles. The quantitative estimate of drug-likeness (QED) is 0.422. The molecule has 3 aromatic rings. The highest BCUT2D eigenvalue weighted by atomic mass is 35.5. The normalized spacial score (nSPS) is 11.8. The summed E-state index contributed by atoms with van der Waals surface area (Å²) in [6.07, 6.45) is 1.83. The molecule has 5 nitrogen and oxygen atoms in total.